The lowest BCUT2D eigenvalue weighted by molar-refractivity contribution is -0.145. The largest absolute Gasteiger partial charge is 0.497 e. The summed E-state index contributed by atoms with van der Waals surface area (Å²) in [4.78, 5) is 72.2. The Labute approximate surface area is 304 Å². The van der Waals surface area contributed by atoms with Gasteiger partial charge in [0.1, 0.15) is 34.7 Å². The molecule has 2 fully saturated rings. The average Bonchev–Trinajstić information content (AvgIpc) is 3.40. The van der Waals surface area contributed by atoms with Crippen molar-refractivity contribution >= 4 is 29.8 Å². The first-order valence-corrected chi connectivity index (χ1v) is 18.1. The first-order valence-electron chi connectivity index (χ1n) is 18.1. The smallest absolute Gasteiger partial charge is 0.408 e. The zero-order chi connectivity index (χ0) is 37.8. The zero-order valence-corrected chi connectivity index (χ0v) is 30.9. The molecule has 282 valence electrons. The predicted molar refractivity (Wildman–Crippen MR) is 190 cm³/mol. The minimum atomic E-state index is -1.48. The fourth-order valence-electron chi connectivity index (χ4n) is 6.93. The summed E-state index contributed by atoms with van der Waals surface area (Å²) in [5.74, 6) is -2.34. The molecule has 1 aliphatic carbocycles. The number of methoxy groups -OCH3 is 1. The predicted octanol–water partition coefficient (Wildman–Crippen LogP) is 3.95. The number of carboxylic acids is 1. The minimum Gasteiger partial charge on any atom is -0.497 e. The molecule has 0 radical (unpaired) electrons. The van der Waals surface area contributed by atoms with Gasteiger partial charge in [0.15, 0.2) is 5.69 Å². The van der Waals surface area contributed by atoms with Crippen LogP contribution in [-0.2, 0) is 19.1 Å². The van der Waals surface area contributed by atoms with E-state index in [1.54, 1.807) is 57.0 Å². The number of carboxylic acid groups (broad SMARTS) is 1. The van der Waals surface area contributed by atoms with E-state index in [9.17, 15) is 29.1 Å². The van der Waals surface area contributed by atoms with Gasteiger partial charge in [-0.15, -0.1) is 5.10 Å². The highest BCUT2D eigenvalue weighted by atomic mass is 16.6. The molecule has 3 heterocycles. The quantitative estimate of drug-likeness (QED) is 0.337. The van der Waals surface area contributed by atoms with E-state index < -0.39 is 53.1 Å². The number of carbonyl (C=O) groups is 5. The molecule has 1 saturated carbocycles. The number of hydrogen-bond acceptors (Lipinski definition) is 9. The number of aromatic nitrogens is 3. The van der Waals surface area contributed by atoms with Gasteiger partial charge in [0.2, 0.25) is 11.8 Å². The third-order valence-electron chi connectivity index (χ3n) is 9.90. The summed E-state index contributed by atoms with van der Waals surface area (Å²) in [5, 5.41) is 25.2. The number of hydrogen-bond donors (Lipinski definition) is 3. The summed E-state index contributed by atoms with van der Waals surface area (Å²) in [5.41, 5.74) is -1.20. The number of nitrogens with one attached hydrogen (secondary N) is 2. The Bertz CT molecular complexity index is 1680. The third-order valence-corrected chi connectivity index (χ3v) is 9.90. The Kier molecular flexibility index (Phi) is 11.6. The molecule has 0 bridgehead atoms. The number of amides is 4. The highest BCUT2D eigenvalue weighted by Crippen LogP contribution is 2.45. The first-order chi connectivity index (χ1) is 24.7. The maximum Gasteiger partial charge on any atom is 0.408 e. The number of ether oxygens (including phenoxy) is 2. The molecule has 2 aliphatic heterocycles. The molecular weight excluding hydrogens is 670 g/mol. The summed E-state index contributed by atoms with van der Waals surface area (Å²) in [7, 11) is 1.56. The van der Waals surface area contributed by atoms with Crippen molar-refractivity contribution < 1.29 is 38.6 Å². The molecule has 0 unspecified atom stereocenters. The van der Waals surface area contributed by atoms with Crippen molar-refractivity contribution in [2.24, 2.45) is 5.92 Å². The van der Waals surface area contributed by atoms with Crippen molar-refractivity contribution in [3.05, 3.63) is 42.1 Å². The fraction of sp³-hybridized carbons (Fsp3) is 0.595. The monoisotopic (exact) mass is 721 g/mol. The van der Waals surface area contributed by atoms with Gasteiger partial charge in [-0.1, -0.05) is 25.0 Å². The van der Waals surface area contributed by atoms with Gasteiger partial charge in [-0.05, 0) is 84.6 Å². The van der Waals surface area contributed by atoms with Crippen molar-refractivity contribution in [3.63, 3.8) is 0 Å². The van der Waals surface area contributed by atoms with Crippen molar-refractivity contribution in [1.82, 2.24) is 35.4 Å². The Morgan fingerprint density at radius 3 is 2.42 bits per heavy atom. The van der Waals surface area contributed by atoms with Gasteiger partial charge in [-0.3, -0.25) is 14.4 Å². The second-order valence-electron chi connectivity index (χ2n) is 14.7. The zero-order valence-electron chi connectivity index (χ0n) is 30.9. The van der Waals surface area contributed by atoms with Crippen LogP contribution in [-0.4, -0.2) is 110 Å². The topological polar surface area (TPSA) is 185 Å². The van der Waals surface area contributed by atoms with Crippen LogP contribution in [0.5, 0.6) is 5.75 Å². The summed E-state index contributed by atoms with van der Waals surface area (Å²) in [6.07, 6.45) is 6.57. The fourth-order valence-corrected chi connectivity index (χ4v) is 6.93. The molecule has 3 aliphatic rings. The van der Waals surface area contributed by atoms with E-state index >= 15 is 0 Å². The van der Waals surface area contributed by atoms with Gasteiger partial charge >= 0.3 is 12.1 Å². The molecule has 1 aromatic carbocycles. The van der Waals surface area contributed by atoms with Gasteiger partial charge < -0.3 is 35.0 Å². The van der Waals surface area contributed by atoms with Crippen LogP contribution < -0.4 is 15.4 Å². The Morgan fingerprint density at radius 1 is 1.08 bits per heavy atom. The lowest BCUT2D eigenvalue weighted by Gasteiger charge is -2.30. The van der Waals surface area contributed by atoms with E-state index in [0.717, 1.165) is 19.3 Å². The first kappa shape index (κ1) is 38.3. The number of benzene rings is 1. The molecule has 15 heteroatoms. The molecule has 1 aromatic heterocycles. The van der Waals surface area contributed by atoms with E-state index in [1.807, 2.05) is 26.0 Å². The van der Waals surface area contributed by atoms with Crippen LogP contribution >= 0.6 is 0 Å². The molecule has 2 aromatic rings. The molecular formula is C37H51N7O8. The summed E-state index contributed by atoms with van der Waals surface area (Å²) >= 11 is 0. The number of allylic oxidation sites excluding steroid dienone is 1. The third kappa shape index (κ3) is 8.39. The van der Waals surface area contributed by atoms with Crippen LogP contribution in [0.1, 0.15) is 96.1 Å². The molecule has 3 N–H and O–H groups in total. The number of rotatable bonds is 8. The molecule has 0 spiro atoms. The highest BCUT2D eigenvalue weighted by molar-refractivity contribution is 5.98. The number of fused-ring (bicyclic) bond motifs is 2. The number of nitrogens with zero attached hydrogens (tertiary/aromatic N) is 5. The molecule has 5 rings (SSSR count). The van der Waals surface area contributed by atoms with E-state index in [0.29, 0.717) is 42.9 Å². The van der Waals surface area contributed by atoms with Gasteiger partial charge in [0.05, 0.1) is 13.2 Å². The van der Waals surface area contributed by atoms with Gasteiger partial charge in [-0.2, -0.15) is 9.90 Å². The second kappa shape index (κ2) is 15.7. The molecule has 52 heavy (non-hydrogen) atoms. The Hall–Kier alpha value is -4.95. The highest BCUT2D eigenvalue weighted by Gasteiger charge is 2.61. The van der Waals surface area contributed by atoms with Crippen LogP contribution in [0.4, 0.5) is 4.79 Å². The normalized spacial score (nSPS) is 25.8. The van der Waals surface area contributed by atoms with Crippen molar-refractivity contribution in [2.45, 2.75) is 109 Å². The summed E-state index contributed by atoms with van der Waals surface area (Å²) in [6.45, 7) is 9.80. The van der Waals surface area contributed by atoms with E-state index in [-0.39, 0.29) is 36.9 Å². The van der Waals surface area contributed by atoms with Crippen LogP contribution in [0.3, 0.4) is 0 Å². The Balaban J connectivity index is 1.53. The molecule has 5 atom stereocenters. The van der Waals surface area contributed by atoms with Crippen molar-refractivity contribution in [1.29, 1.82) is 0 Å². The van der Waals surface area contributed by atoms with Crippen LogP contribution in [0.2, 0.25) is 0 Å². The van der Waals surface area contributed by atoms with Gasteiger partial charge in [0.25, 0.3) is 5.91 Å². The average molecular weight is 722 g/mol. The molecule has 15 nitrogen and oxygen atoms in total. The summed E-state index contributed by atoms with van der Waals surface area (Å²) < 4.78 is 10.8. The van der Waals surface area contributed by atoms with Crippen LogP contribution in [0.15, 0.2) is 36.4 Å². The lowest BCUT2D eigenvalue weighted by Crippen LogP contribution is -2.56. The standard InChI is InChI=1S/C37H51N7O8/c1-7-42(8-2)33(47)30-29(23-16-18-26(51-6)19-17-23)40-44(41-30)25-20-28-31(45)39-37(34(48)49)21-24(37)14-12-10-9-11-13-15-27(32(46)43(28)22-25)38-35(50)52-36(3,4)5/h12,14,16-19,24-25,27-28H,7-11,13,15,20-22H2,1-6H3,(H,38,50)(H,39,45)(H,48,49)/b14-12-/t24-,25-,27+,28-,37-/m0/s1. The van der Waals surface area contributed by atoms with Crippen LogP contribution in [0.25, 0.3) is 11.3 Å². The molecule has 4 amide bonds. The van der Waals surface area contributed by atoms with Crippen molar-refractivity contribution in [3.8, 4) is 17.0 Å². The van der Waals surface area contributed by atoms with E-state index in [2.05, 4.69) is 15.7 Å². The maximum absolute atomic E-state index is 14.4. The Morgan fingerprint density at radius 2 is 1.79 bits per heavy atom. The number of aliphatic carboxylic acids is 1. The maximum atomic E-state index is 14.4. The lowest BCUT2D eigenvalue weighted by atomic mass is 10.0. The second-order valence-corrected chi connectivity index (χ2v) is 14.7. The number of alkyl carbamates (subject to hydrolysis) is 1. The number of carbonyl (C=O) groups excluding carboxylic acids is 4. The SMILES string of the molecule is CCN(CC)C(=O)c1nn([C@H]2C[C@H]3C(=O)N[C@@]4(C(=O)O)C[C@@H]4/C=C\CCCCC[C@@H](NC(=O)OC(C)(C)C)C(=O)N3C2)nc1-c1ccc(OC)cc1. The molecule has 1 saturated heterocycles. The van der Waals surface area contributed by atoms with Crippen molar-refractivity contribution in [2.75, 3.05) is 26.7 Å². The van der Waals surface area contributed by atoms with Crippen LogP contribution in [0, 0.1) is 5.92 Å². The summed E-state index contributed by atoms with van der Waals surface area (Å²) in [6, 6.07) is 4.29. The minimum absolute atomic E-state index is 0.0253. The van der Waals surface area contributed by atoms with E-state index in [4.69, 9.17) is 14.6 Å². The van der Waals surface area contributed by atoms with E-state index in [1.165, 1.54) is 9.70 Å². The van der Waals surface area contributed by atoms with Gasteiger partial charge in [-0.25, -0.2) is 9.59 Å². The van der Waals surface area contributed by atoms with Gasteiger partial charge in [0, 0.05) is 37.5 Å².